The van der Waals surface area contributed by atoms with E-state index in [1.807, 2.05) is 4.90 Å². The highest BCUT2D eigenvalue weighted by atomic mass is 19.2. The van der Waals surface area contributed by atoms with E-state index in [1.165, 1.54) is 12.4 Å². The SMILES string of the molecule is CN1CCN(c2cc(NCc3ccc(F)c(F)c3)ncn2)CC1=O. The lowest BCUT2D eigenvalue weighted by Crippen LogP contribution is -2.48. The van der Waals surface area contributed by atoms with Gasteiger partial charge in [0.25, 0.3) is 0 Å². The maximum atomic E-state index is 13.2. The fourth-order valence-corrected chi connectivity index (χ4v) is 2.41. The van der Waals surface area contributed by atoms with Crippen LogP contribution in [0.5, 0.6) is 0 Å². The van der Waals surface area contributed by atoms with Crippen molar-refractivity contribution in [3.63, 3.8) is 0 Å². The third-order valence-electron chi connectivity index (χ3n) is 3.89. The van der Waals surface area contributed by atoms with Gasteiger partial charge in [0.05, 0.1) is 6.54 Å². The predicted molar refractivity (Wildman–Crippen MR) is 85.6 cm³/mol. The average molecular weight is 333 g/mol. The molecule has 1 saturated heterocycles. The molecule has 24 heavy (non-hydrogen) atoms. The second-order valence-corrected chi connectivity index (χ2v) is 5.60. The third kappa shape index (κ3) is 3.58. The van der Waals surface area contributed by atoms with Gasteiger partial charge in [0.1, 0.15) is 18.0 Å². The van der Waals surface area contributed by atoms with Crippen LogP contribution < -0.4 is 10.2 Å². The van der Waals surface area contributed by atoms with E-state index in [0.29, 0.717) is 36.8 Å². The number of anilines is 2. The van der Waals surface area contributed by atoms with Gasteiger partial charge in [-0.3, -0.25) is 4.79 Å². The van der Waals surface area contributed by atoms with E-state index in [-0.39, 0.29) is 12.5 Å². The number of carbonyl (C=O) groups excluding carboxylic acids is 1. The standard InChI is InChI=1S/C16H17F2N5O/c1-22-4-5-23(9-16(22)24)15-7-14(20-10-21-15)19-8-11-2-3-12(17)13(18)6-11/h2-3,6-7,10H,4-5,8-9H2,1H3,(H,19,20,21). The molecule has 6 nitrogen and oxygen atoms in total. The van der Waals surface area contributed by atoms with Crippen molar-refractivity contribution in [2.75, 3.05) is 36.9 Å². The summed E-state index contributed by atoms with van der Waals surface area (Å²) in [6.45, 7) is 1.91. The molecule has 1 fully saturated rings. The Balaban J connectivity index is 1.67. The minimum Gasteiger partial charge on any atom is -0.366 e. The van der Waals surface area contributed by atoms with E-state index in [2.05, 4.69) is 15.3 Å². The molecule has 8 heteroatoms. The van der Waals surface area contributed by atoms with Crippen molar-refractivity contribution in [2.24, 2.45) is 0 Å². The molecule has 1 aliphatic heterocycles. The van der Waals surface area contributed by atoms with Crippen LogP contribution in [0.3, 0.4) is 0 Å². The molecule has 2 heterocycles. The van der Waals surface area contributed by atoms with Crippen LogP contribution in [0, 0.1) is 11.6 Å². The van der Waals surface area contributed by atoms with E-state index in [4.69, 9.17) is 0 Å². The Kier molecular flexibility index (Phi) is 4.54. The van der Waals surface area contributed by atoms with Crippen molar-refractivity contribution >= 4 is 17.5 Å². The monoisotopic (exact) mass is 333 g/mol. The van der Waals surface area contributed by atoms with Crippen LogP contribution in [0.2, 0.25) is 0 Å². The van der Waals surface area contributed by atoms with Crippen molar-refractivity contribution in [3.8, 4) is 0 Å². The topological polar surface area (TPSA) is 61.4 Å². The molecule has 0 saturated carbocycles. The zero-order chi connectivity index (χ0) is 17.1. The van der Waals surface area contributed by atoms with E-state index < -0.39 is 11.6 Å². The van der Waals surface area contributed by atoms with Crippen LogP contribution in [0.4, 0.5) is 20.4 Å². The highest BCUT2D eigenvalue weighted by molar-refractivity contribution is 5.82. The summed E-state index contributed by atoms with van der Waals surface area (Å²) in [5.74, 6) is -0.511. The summed E-state index contributed by atoms with van der Waals surface area (Å²) in [5.41, 5.74) is 0.601. The molecule has 0 aliphatic carbocycles. The molecule has 0 atom stereocenters. The van der Waals surface area contributed by atoms with Crippen LogP contribution >= 0.6 is 0 Å². The Morgan fingerprint density at radius 2 is 2.00 bits per heavy atom. The van der Waals surface area contributed by atoms with Gasteiger partial charge in [-0.1, -0.05) is 6.07 Å². The van der Waals surface area contributed by atoms with Gasteiger partial charge in [0.15, 0.2) is 11.6 Å². The van der Waals surface area contributed by atoms with Crippen molar-refractivity contribution in [1.82, 2.24) is 14.9 Å². The Morgan fingerprint density at radius 1 is 1.17 bits per heavy atom. The molecule has 1 aliphatic rings. The van der Waals surface area contributed by atoms with E-state index in [1.54, 1.807) is 18.0 Å². The van der Waals surface area contributed by atoms with Gasteiger partial charge >= 0.3 is 0 Å². The highest BCUT2D eigenvalue weighted by Crippen LogP contribution is 2.17. The Bertz CT molecular complexity index is 755. The Morgan fingerprint density at radius 3 is 2.75 bits per heavy atom. The summed E-state index contributed by atoms with van der Waals surface area (Å²) in [5, 5.41) is 3.04. The number of nitrogens with one attached hydrogen (secondary N) is 1. The first kappa shape index (κ1) is 16.1. The third-order valence-corrected chi connectivity index (χ3v) is 3.89. The Hall–Kier alpha value is -2.77. The number of hydrogen-bond donors (Lipinski definition) is 1. The lowest BCUT2D eigenvalue weighted by atomic mass is 10.2. The number of aromatic nitrogens is 2. The van der Waals surface area contributed by atoms with Crippen molar-refractivity contribution < 1.29 is 13.6 Å². The van der Waals surface area contributed by atoms with Crippen molar-refractivity contribution in [3.05, 3.63) is 47.8 Å². The first-order chi connectivity index (χ1) is 11.5. The second kappa shape index (κ2) is 6.77. The number of rotatable bonds is 4. The largest absolute Gasteiger partial charge is 0.366 e. The van der Waals surface area contributed by atoms with Gasteiger partial charge in [-0.2, -0.15) is 0 Å². The van der Waals surface area contributed by atoms with Crippen LogP contribution in [0.15, 0.2) is 30.6 Å². The number of benzene rings is 1. The number of hydrogen-bond acceptors (Lipinski definition) is 5. The molecule has 1 N–H and O–H groups in total. The van der Waals surface area contributed by atoms with Gasteiger partial charge in [-0.05, 0) is 17.7 Å². The lowest BCUT2D eigenvalue weighted by Gasteiger charge is -2.32. The van der Waals surface area contributed by atoms with E-state index in [0.717, 1.165) is 12.1 Å². The highest BCUT2D eigenvalue weighted by Gasteiger charge is 2.22. The van der Waals surface area contributed by atoms with Crippen LogP contribution in [-0.4, -0.2) is 47.5 Å². The van der Waals surface area contributed by atoms with Crippen LogP contribution in [0.25, 0.3) is 0 Å². The molecule has 0 spiro atoms. The second-order valence-electron chi connectivity index (χ2n) is 5.60. The minimum atomic E-state index is -0.881. The molecule has 1 amide bonds. The van der Waals surface area contributed by atoms with Gasteiger partial charge in [-0.25, -0.2) is 18.7 Å². The summed E-state index contributed by atoms with van der Waals surface area (Å²) in [7, 11) is 1.77. The smallest absolute Gasteiger partial charge is 0.241 e. The van der Waals surface area contributed by atoms with E-state index in [9.17, 15) is 13.6 Å². The van der Waals surface area contributed by atoms with Crippen molar-refractivity contribution in [1.29, 1.82) is 0 Å². The fourth-order valence-electron chi connectivity index (χ4n) is 2.41. The molecule has 0 bridgehead atoms. The van der Waals surface area contributed by atoms with E-state index >= 15 is 0 Å². The number of nitrogens with zero attached hydrogens (tertiary/aromatic N) is 4. The number of halogens is 2. The lowest BCUT2D eigenvalue weighted by molar-refractivity contribution is -0.129. The molecular formula is C16H17F2N5O. The molecule has 0 radical (unpaired) electrons. The molecule has 0 unspecified atom stereocenters. The van der Waals surface area contributed by atoms with Crippen LogP contribution in [0.1, 0.15) is 5.56 Å². The molecule has 2 aromatic rings. The van der Waals surface area contributed by atoms with Gasteiger partial charge < -0.3 is 15.1 Å². The molecule has 126 valence electrons. The molecule has 1 aromatic carbocycles. The summed E-state index contributed by atoms with van der Waals surface area (Å²) < 4.78 is 26.1. The fraction of sp³-hybridized carbons (Fsp3) is 0.312. The maximum Gasteiger partial charge on any atom is 0.241 e. The summed E-state index contributed by atoms with van der Waals surface area (Å²) in [6.07, 6.45) is 1.41. The van der Waals surface area contributed by atoms with Gasteiger partial charge in [-0.15, -0.1) is 0 Å². The van der Waals surface area contributed by atoms with Gasteiger partial charge in [0.2, 0.25) is 5.91 Å². The summed E-state index contributed by atoms with van der Waals surface area (Å²) >= 11 is 0. The Labute approximate surface area is 138 Å². The first-order valence-corrected chi connectivity index (χ1v) is 7.51. The minimum absolute atomic E-state index is 0.0381. The zero-order valence-corrected chi connectivity index (χ0v) is 13.2. The predicted octanol–water partition coefficient (Wildman–Crippen LogP) is 1.65. The van der Waals surface area contributed by atoms with Crippen LogP contribution in [-0.2, 0) is 11.3 Å². The molecule has 1 aromatic heterocycles. The molecular weight excluding hydrogens is 316 g/mol. The number of carbonyl (C=O) groups is 1. The molecule has 3 rings (SSSR count). The number of likely N-dealkylation sites (N-methyl/N-ethyl adjacent to an activating group) is 1. The van der Waals surface area contributed by atoms with Gasteiger partial charge in [0, 0.05) is 32.7 Å². The maximum absolute atomic E-state index is 13.2. The quantitative estimate of drug-likeness (QED) is 0.922. The zero-order valence-electron chi connectivity index (χ0n) is 13.2. The summed E-state index contributed by atoms with van der Waals surface area (Å²) in [6, 6.07) is 5.47. The van der Waals surface area contributed by atoms with Crippen molar-refractivity contribution in [2.45, 2.75) is 6.54 Å². The number of amides is 1. The first-order valence-electron chi connectivity index (χ1n) is 7.51. The normalized spacial score (nSPS) is 14.9. The number of piperazine rings is 1. The average Bonchev–Trinajstić information content (AvgIpc) is 2.59. The summed E-state index contributed by atoms with van der Waals surface area (Å²) in [4.78, 5) is 23.7.